The standard InChI is InChI=1S/C24H27ClN4O4S/c1-5-29-20(13-33-22-15(3)8-7-9-16(22)4)27-28-24(29)34-14-21(30)26-19-12-17(10-11-18(19)25)23(31)32-6-2/h7-12H,5-6,13-14H2,1-4H3,(H,26,30). The molecule has 0 aliphatic carbocycles. The predicted molar refractivity (Wildman–Crippen MR) is 133 cm³/mol. The molecule has 1 amide bonds. The number of aryl methyl sites for hydroxylation is 2. The maximum absolute atomic E-state index is 12.5. The van der Waals surface area contributed by atoms with E-state index >= 15 is 0 Å². The third-order valence-corrected chi connectivity index (χ3v) is 6.24. The molecular formula is C24H27ClN4O4S. The van der Waals surface area contributed by atoms with Crippen molar-refractivity contribution in [2.24, 2.45) is 0 Å². The van der Waals surface area contributed by atoms with E-state index in [2.05, 4.69) is 15.5 Å². The van der Waals surface area contributed by atoms with Crippen LogP contribution in [-0.4, -0.2) is 39.0 Å². The molecule has 3 aromatic rings. The number of nitrogens with zero attached hydrogens (tertiary/aromatic N) is 3. The number of rotatable bonds is 10. The maximum atomic E-state index is 12.5. The quantitative estimate of drug-likeness (QED) is 0.306. The minimum atomic E-state index is -0.476. The molecule has 0 spiro atoms. The zero-order chi connectivity index (χ0) is 24.7. The van der Waals surface area contributed by atoms with E-state index < -0.39 is 5.97 Å². The van der Waals surface area contributed by atoms with Crippen LogP contribution in [0.4, 0.5) is 5.69 Å². The van der Waals surface area contributed by atoms with Gasteiger partial charge in [-0.05, 0) is 57.0 Å². The Kier molecular flexibility index (Phi) is 8.95. The smallest absolute Gasteiger partial charge is 0.338 e. The van der Waals surface area contributed by atoms with Crippen molar-refractivity contribution in [1.82, 2.24) is 14.8 Å². The van der Waals surface area contributed by atoms with Gasteiger partial charge in [-0.3, -0.25) is 4.79 Å². The lowest BCUT2D eigenvalue weighted by Gasteiger charge is -2.12. The van der Waals surface area contributed by atoms with Crippen molar-refractivity contribution in [1.29, 1.82) is 0 Å². The van der Waals surface area contributed by atoms with E-state index in [-0.39, 0.29) is 24.9 Å². The number of hydrogen-bond donors (Lipinski definition) is 1. The van der Waals surface area contributed by atoms with Gasteiger partial charge in [-0.15, -0.1) is 10.2 Å². The monoisotopic (exact) mass is 502 g/mol. The molecule has 0 atom stereocenters. The lowest BCUT2D eigenvalue weighted by Crippen LogP contribution is -2.16. The molecule has 0 saturated heterocycles. The van der Waals surface area contributed by atoms with Crippen molar-refractivity contribution in [3.8, 4) is 5.75 Å². The van der Waals surface area contributed by atoms with E-state index in [9.17, 15) is 9.59 Å². The number of aromatic nitrogens is 3. The van der Waals surface area contributed by atoms with Crippen molar-refractivity contribution in [3.63, 3.8) is 0 Å². The molecule has 1 heterocycles. The number of hydrogen-bond acceptors (Lipinski definition) is 7. The highest BCUT2D eigenvalue weighted by molar-refractivity contribution is 7.99. The molecule has 0 aliphatic rings. The van der Waals surface area contributed by atoms with Gasteiger partial charge in [0.25, 0.3) is 0 Å². The summed E-state index contributed by atoms with van der Waals surface area (Å²) in [5.41, 5.74) is 2.77. The Balaban J connectivity index is 1.62. The molecule has 0 fully saturated rings. The summed E-state index contributed by atoms with van der Waals surface area (Å²) in [6.07, 6.45) is 0. The number of halogens is 1. The Labute approximate surface area is 208 Å². The molecule has 10 heteroatoms. The highest BCUT2D eigenvalue weighted by Crippen LogP contribution is 2.26. The van der Waals surface area contributed by atoms with Crippen LogP contribution in [0.3, 0.4) is 0 Å². The number of carbonyl (C=O) groups is 2. The minimum absolute atomic E-state index is 0.0931. The molecule has 2 aromatic carbocycles. The number of esters is 1. The maximum Gasteiger partial charge on any atom is 0.338 e. The molecule has 0 bridgehead atoms. The van der Waals surface area contributed by atoms with E-state index in [1.54, 1.807) is 19.1 Å². The summed E-state index contributed by atoms with van der Waals surface area (Å²) in [5, 5.41) is 12.2. The summed E-state index contributed by atoms with van der Waals surface area (Å²) in [6, 6.07) is 10.6. The summed E-state index contributed by atoms with van der Waals surface area (Å²) in [7, 11) is 0. The third kappa shape index (κ3) is 6.30. The highest BCUT2D eigenvalue weighted by atomic mass is 35.5. The van der Waals surface area contributed by atoms with E-state index in [1.807, 2.05) is 43.5 Å². The highest BCUT2D eigenvalue weighted by Gasteiger charge is 2.16. The van der Waals surface area contributed by atoms with E-state index in [0.29, 0.717) is 33.8 Å². The summed E-state index contributed by atoms with van der Waals surface area (Å²) in [6.45, 7) is 8.88. The molecular weight excluding hydrogens is 476 g/mol. The lowest BCUT2D eigenvalue weighted by molar-refractivity contribution is -0.113. The van der Waals surface area contributed by atoms with Crippen molar-refractivity contribution in [3.05, 3.63) is 63.9 Å². The van der Waals surface area contributed by atoms with Gasteiger partial charge in [0.1, 0.15) is 12.4 Å². The van der Waals surface area contributed by atoms with Gasteiger partial charge in [-0.1, -0.05) is 41.6 Å². The molecule has 0 radical (unpaired) electrons. The van der Waals surface area contributed by atoms with Crippen LogP contribution in [0.1, 0.15) is 41.2 Å². The molecule has 1 N–H and O–H groups in total. The van der Waals surface area contributed by atoms with Crippen LogP contribution in [-0.2, 0) is 22.7 Å². The van der Waals surface area contributed by atoms with Gasteiger partial charge in [0, 0.05) is 6.54 Å². The van der Waals surface area contributed by atoms with Crippen LogP contribution < -0.4 is 10.1 Å². The van der Waals surface area contributed by atoms with Crippen molar-refractivity contribution >= 4 is 40.9 Å². The molecule has 3 rings (SSSR count). The normalized spacial score (nSPS) is 10.7. The first-order valence-electron chi connectivity index (χ1n) is 10.8. The van der Waals surface area contributed by atoms with Crippen LogP contribution in [0.5, 0.6) is 5.75 Å². The minimum Gasteiger partial charge on any atom is -0.485 e. The average Bonchev–Trinajstić information content (AvgIpc) is 3.20. The molecule has 0 saturated carbocycles. The molecule has 1 aromatic heterocycles. The van der Waals surface area contributed by atoms with Gasteiger partial charge < -0.3 is 19.4 Å². The Morgan fingerprint density at radius 3 is 2.53 bits per heavy atom. The van der Waals surface area contributed by atoms with E-state index in [4.69, 9.17) is 21.1 Å². The SMILES string of the molecule is CCOC(=O)c1ccc(Cl)c(NC(=O)CSc2nnc(COc3c(C)cccc3C)n2CC)c1. The van der Waals surface area contributed by atoms with E-state index in [0.717, 1.165) is 16.9 Å². The number of para-hydroxylation sites is 1. The number of amides is 1. The third-order valence-electron chi connectivity index (χ3n) is 4.95. The number of ether oxygens (including phenoxy) is 2. The molecule has 34 heavy (non-hydrogen) atoms. The second-order valence-electron chi connectivity index (χ2n) is 7.40. The lowest BCUT2D eigenvalue weighted by atomic mass is 10.1. The Morgan fingerprint density at radius 2 is 1.85 bits per heavy atom. The summed E-state index contributed by atoms with van der Waals surface area (Å²) >= 11 is 7.44. The number of thioether (sulfide) groups is 1. The summed E-state index contributed by atoms with van der Waals surface area (Å²) in [5.74, 6) is 0.847. The van der Waals surface area contributed by atoms with Crippen molar-refractivity contribution in [2.75, 3.05) is 17.7 Å². The van der Waals surface area contributed by atoms with Gasteiger partial charge in [0.05, 0.1) is 28.6 Å². The van der Waals surface area contributed by atoms with Crippen LogP contribution in [0.15, 0.2) is 41.6 Å². The topological polar surface area (TPSA) is 95.3 Å². The van der Waals surface area contributed by atoms with Crippen LogP contribution >= 0.6 is 23.4 Å². The predicted octanol–water partition coefficient (Wildman–Crippen LogP) is 5.05. The first kappa shape index (κ1) is 25.6. The first-order valence-corrected chi connectivity index (χ1v) is 12.2. The molecule has 0 aliphatic heterocycles. The number of benzene rings is 2. The van der Waals surface area contributed by atoms with Crippen LogP contribution in [0, 0.1) is 13.8 Å². The van der Waals surface area contributed by atoms with Gasteiger partial charge in [0.2, 0.25) is 5.91 Å². The fraction of sp³-hybridized carbons (Fsp3) is 0.333. The van der Waals surface area contributed by atoms with Crippen molar-refractivity contribution < 1.29 is 19.1 Å². The first-order chi connectivity index (χ1) is 16.3. The van der Waals surface area contributed by atoms with Gasteiger partial charge in [0.15, 0.2) is 11.0 Å². The molecule has 180 valence electrons. The Bertz CT molecular complexity index is 1160. The zero-order valence-corrected chi connectivity index (χ0v) is 21.1. The van der Waals surface area contributed by atoms with Gasteiger partial charge >= 0.3 is 5.97 Å². The van der Waals surface area contributed by atoms with Crippen LogP contribution in [0.2, 0.25) is 5.02 Å². The summed E-state index contributed by atoms with van der Waals surface area (Å²) < 4.78 is 12.9. The zero-order valence-electron chi connectivity index (χ0n) is 19.6. The largest absolute Gasteiger partial charge is 0.485 e. The number of anilines is 1. The van der Waals surface area contributed by atoms with Crippen LogP contribution in [0.25, 0.3) is 0 Å². The second kappa shape index (κ2) is 11.9. The molecule has 0 unspecified atom stereocenters. The molecule has 8 nitrogen and oxygen atoms in total. The number of nitrogens with one attached hydrogen (secondary N) is 1. The van der Waals surface area contributed by atoms with Crippen molar-refractivity contribution in [2.45, 2.75) is 46.0 Å². The Morgan fingerprint density at radius 1 is 1.12 bits per heavy atom. The number of carbonyl (C=O) groups excluding carboxylic acids is 2. The van der Waals surface area contributed by atoms with E-state index in [1.165, 1.54) is 17.8 Å². The second-order valence-corrected chi connectivity index (χ2v) is 8.75. The van der Waals surface area contributed by atoms with Gasteiger partial charge in [-0.2, -0.15) is 0 Å². The fourth-order valence-electron chi connectivity index (χ4n) is 3.29. The Hall–Kier alpha value is -3.04. The average molecular weight is 503 g/mol. The van der Waals surface area contributed by atoms with Gasteiger partial charge in [-0.25, -0.2) is 4.79 Å². The summed E-state index contributed by atoms with van der Waals surface area (Å²) in [4.78, 5) is 24.5. The fourth-order valence-corrected chi connectivity index (χ4v) is 4.28.